The molecular formula is C14H20BrClN2. The first-order chi connectivity index (χ1) is 8.49. The number of anilines is 1. The summed E-state index contributed by atoms with van der Waals surface area (Å²) < 4.78 is 1.03. The van der Waals surface area contributed by atoms with E-state index >= 15 is 0 Å². The summed E-state index contributed by atoms with van der Waals surface area (Å²) in [6, 6.07) is 7.13. The molecule has 18 heavy (non-hydrogen) atoms. The second-order valence-corrected chi connectivity index (χ2v) is 6.68. The quantitative estimate of drug-likeness (QED) is 0.883. The Hall–Kier alpha value is -0.250. The minimum absolute atomic E-state index is 0.471. The van der Waals surface area contributed by atoms with Crippen LogP contribution in [0.3, 0.4) is 0 Å². The summed E-state index contributed by atoms with van der Waals surface area (Å²) in [7, 11) is 0. The van der Waals surface area contributed by atoms with Crippen LogP contribution < -0.4 is 10.2 Å². The highest BCUT2D eigenvalue weighted by atomic mass is 79.9. The fraction of sp³-hybridized carbons (Fsp3) is 0.571. The molecule has 4 heteroatoms. The molecule has 0 saturated carbocycles. The molecule has 1 aliphatic rings. The second kappa shape index (κ2) is 5.81. The van der Waals surface area contributed by atoms with Gasteiger partial charge in [-0.05, 0) is 31.0 Å². The number of hydrogen-bond acceptors (Lipinski definition) is 2. The largest absolute Gasteiger partial charge is 0.365 e. The minimum atomic E-state index is 0.471. The Morgan fingerprint density at radius 1 is 1.44 bits per heavy atom. The lowest BCUT2D eigenvalue weighted by Gasteiger charge is -2.42. The van der Waals surface area contributed by atoms with Crippen molar-refractivity contribution in [3.05, 3.63) is 27.7 Å². The van der Waals surface area contributed by atoms with Crippen molar-refractivity contribution in [2.75, 3.05) is 18.0 Å². The molecule has 2 nitrogen and oxygen atoms in total. The maximum absolute atomic E-state index is 6.36. The first-order valence-electron chi connectivity index (χ1n) is 6.44. The third-order valence-corrected chi connectivity index (χ3v) is 4.42. The van der Waals surface area contributed by atoms with E-state index < -0.39 is 0 Å². The van der Waals surface area contributed by atoms with Crippen molar-refractivity contribution in [1.29, 1.82) is 0 Å². The molecule has 0 amide bonds. The lowest BCUT2D eigenvalue weighted by atomic mass is 9.99. The molecule has 1 N–H and O–H groups in total. The standard InChI is InChI=1S/C14H20BrClN2/c1-9(2)13-8-18(10(3)7-17-13)14-5-4-11(15)6-12(14)16/h4-6,9-10,13,17H,7-8H2,1-3H3. The van der Waals surface area contributed by atoms with Crippen LogP contribution in [-0.4, -0.2) is 25.2 Å². The number of halogens is 2. The van der Waals surface area contributed by atoms with Crippen molar-refractivity contribution in [2.45, 2.75) is 32.9 Å². The SMILES string of the molecule is CC(C)C1CN(c2ccc(Br)cc2Cl)C(C)CN1. The summed E-state index contributed by atoms with van der Waals surface area (Å²) in [4.78, 5) is 2.41. The molecule has 1 heterocycles. The van der Waals surface area contributed by atoms with E-state index in [-0.39, 0.29) is 0 Å². The number of benzene rings is 1. The Balaban J connectivity index is 2.24. The van der Waals surface area contributed by atoms with Crippen LogP contribution in [0.2, 0.25) is 5.02 Å². The summed E-state index contributed by atoms with van der Waals surface area (Å²) in [5, 5.41) is 4.42. The first-order valence-corrected chi connectivity index (χ1v) is 7.61. The van der Waals surface area contributed by atoms with Gasteiger partial charge < -0.3 is 10.2 Å². The van der Waals surface area contributed by atoms with E-state index in [0.717, 1.165) is 28.3 Å². The Kier molecular flexibility index (Phi) is 4.57. The van der Waals surface area contributed by atoms with Crippen molar-refractivity contribution in [3.63, 3.8) is 0 Å². The Morgan fingerprint density at radius 3 is 2.78 bits per heavy atom. The average molecular weight is 332 g/mol. The number of nitrogens with zero attached hydrogens (tertiary/aromatic N) is 1. The van der Waals surface area contributed by atoms with Gasteiger partial charge in [-0.25, -0.2) is 0 Å². The van der Waals surface area contributed by atoms with Gasteiger partial charge in [0.1, 0.15) is 0 Å². The van der Waals surface area contributed by atoms with Crippen LogP contribution in [0.15, 0.2) is 22.7 Å². The van der Waals surface area contributed by atoms with Gasteiger partial charge in [-0.2, -0.15) is 0 Å². The highest BCUT2D eigenvalue weighted by molar-refractivity contribution is 9.10. The van der Waals surface area contributed by atoms with E-state index in [2.05, 4.69) is 59.1 Å². The van der Waals surface area contributed by atoms with Crippen LogP contribution >= 0.6 is 27.5 Å². The molecule has 0 aliphatic carbocycles. The van der Waals surface area contributed by atoms with Crippen molar-refractivity contribution in [1.82, 2.24) is 5.32 Å². The summed E-state index contributed by atoms with van der Waals surface area (Å²) in [6.07, 6.45) is 0. The van der Waals surface area contributed by atoms with E-state index in [1.807, 2.05) is 6.07 Å². The molecule has 1 saturated heterocycles. The highest BCUT2D eigenvalue weighted by Gasteiger charge is 2.27. The molecule has 100 valence electrons. The summed E-state index contributed by atoms with van der Waals surface area (Å²) in [6.45, 7) is 8.78. The third-order valence-electron chi connectivity index (χ3n) is 3.62. The lowest BCUT2D eigenvalue weighted by Crippen LogP contribution is -2.57. The molecule has 0 aromatic heterocycles. The zero-order chi connectivity index (χ0) is 13.3. The monoisotopic (exact) mass is 330 g/mol. The van der Waals surface area contributed by atoms with Crippen molar-refractivity contribution in [2.24, 2.45) is 5.92 Å². The Labute approximate surface area is 123 Å². The van der Waals surface area contributed by atoms with Crippen LogP contribution in [0, 0.1) is 5.92 Å². The predicted molar refractivity (Wildman–Crippen MR) is 82.6 cm³/mol. The van der Waals surface area contributed by atoms with Crippen LogP contribution in [0.5, 0.6) is 0 Å². The van der Waals surface area contributed by atoms with Gasteiger partial charge in [0.05, 0.1) is 10.7 Å². The van der Waals surface area contributed by atoms with E-state index in [1.54, 1.807) is 0 Å². The molecule has 1 aromatic carbocycles. The minimum Gasteiger partial charge on any atom is -0.365 e. The lowest BCUT2D eigenvalue weighted by molar-refractivity contribution is 0.337. The van der Waals surface area contributed by atoms with Gasteiger partial charge in [-0.15, -0.1) is 0 Å². The Morgan fingerprint density at radius 2 is 2.17 bits per heavy atom. The van der Waals surface area contributed by atoms with Crippen molar-refractivity contribution in [3.8, 4) is 0 Å². The molecule has 1 fully saturated rings. The molecule has 0 bridgehead atoms. The molecule has 1 aromatic rings. The first kappa shape index (κ1) is 14.2. The van der Waals surface area contributed by atoms with Gasteiger partial charge in [-0.1, -0.05) is 41.4 Å². The maximum atomic E-state index is 6.36. The van der Waals surface area contributed by atoms with E-state index in [9.17, 15) is 0 Å². The zero-order valence-electron chi connectivity index (χ0n) is 11.1. The fourth-order valence-corrected chi connectivity index (χ4v) is 3.17. The molecule has 1 aliphatic heterocycles. The van der Waals surface area contributed by atoms with E-state index in [0.29, 0.717) is 18.0 Å². The van der Waals surface area contributed by atoms with Crippen molar-refractivity contribution >= 4 is 33.2 Å². The summed E-state index contributed by atoms with van der Waals surface area (Å²) in [5.74, 6) is 0.634. The molecule has 0 spiro atoms. The zero-order valence-corrected chi connectivity index (χ0v) is 13.4. The molecule has 0 radical (unpaired) electrons. The average Bonchev–Trinajstić information content (AvgIpc) is 2.30. The van der Waals surface area contributed by atoms with Gasteiger partial charge >= 0.3 is 0 Å². The highest BCUT2D eigenvalue weighted by Crippen LogP contribution is 2.31. The summed E-state index contributed by atoms with van der Waals surface area (Å²) in [5.41, 5.74) is 1.14. The van der Waals surface area contributed by atoms with Gasteiger partial charge in [0, 0.05) is 29.6 Å². The third kappa shape index (κ3) is 3.01. The second-order valence-electron chi connectivity index (χ2n) is 5.36. The van der Waals surface area contributed by atoms with Crippen LogP contribution in [0.4, 0.5) is 5.69 Å². The fourth-order valence-electron chi connectivity index (χ4n) is 2.39. The van der Waals surface area contributed by atoms with E-state index in [4.69, 9.17) is 11.6 Å². The number of hydrogen-bond donors (Lipinski definition) is 1. The van der Waals surface area contributed by atoms with Crippen LogP contribution in [-0.2, 0) is 0 Å². The summed E-state index contributed by atoms with van der Waals surface area (Å²) >= 11 is 9.82. The number of nitrogens with one attached hydrogen (secondary N) is 1. The topological polar surface area (TPSA) is 15.3 Å². The smallest absolute Gasteiger partial charge is 0.0650 e. The molecular weight excluding hydrogens is 312 g/mol. The normalized spacial score (nSPS) is 24.7. The predicted octanol–water partition coefficient (Wildman–Crippen LogP) is 3.93. The molecule has 2 unspecified atom stereocenters. The number of rotatable bonds is 2. The van der Waals surface area contributed by atoms with Crippen LogP contribution in [0.25, 0.3) is 0 Å². The molecule has 2 atom stereocenters. The van der Waals surface area contributed by atoms with Gasteiger partial charge in [0.2, 0.25) is 0 Å². The Bertz CT molecular complexity index is 422. The van der Waals surface area contributed by atoms with Gasteiger partial charge in [-0.3, -0.25) is 0 Å². The number of piperazine rings is 1. The maximum Gasteiger partial charge on any atom is 0.0650 e. The van der Waals surface area contributed by atoms with Gasteiger partial charge in [0.25, 0.3) is 0 Å². The van der Waals surface area contributed by atoms with Gasteiger partial charge in [0.15, 0.2) is 0 Å². The molecule has 2 rings (SSSR count). The van der Waals surface area contributed by atoms with E-state index in [1.165, 1.54) is 0 Å². The van der Waals surface area contributed by atoms with Crippen molar-refractivity contribution < 1.29 is 0 Å². The van der Waals surface area contributed by atoms with Crippen LogP contribution in [0.1, 0.15) is 20.8 Å².